The molecule has 2 aromatic heterocycles. The molecule has 1 N–H and O–H groups in total. The van der Waals surface area contributed by atoms with Gasteiger partial charge in [0.15, 0.2) is 0 Å². The van der Waals surface area contributed by atoms with Crippen molar-refractivity contribution in [1.29, 1.82) is 0 Å². The van der Waals surface area contributed by atoms with Gasteiger partial charge in [0.2, 0.25) is 0 Å². The lowest BCUT2D eigenvalue weighted by molar-refractivity contribution is 0.102. The van der Waals surface area contributed by atoms with Crippen molar-refractivity contribution < 1.29 is 4.79 Å². The third kappa shape index (κ3) is 2.92. The Morgan fingerprint density at radius 1 is 1.19 bits per heavy atom. The van der Waals surface area contributed by atoms with E-state index in [9.17, 15) is 4.79 Å². The van der Waals surface area contributed by atoms with Crippen molar-refractivity contribution in [1.82, 2.24) is 9.97 Å². The van der Waals surface area contributed by atoms with Crippen molar-refractivity contribution in [2.24, 2.45) is 0 Å². The van der Waals surface area contributed by atoms with Crippen LogP contribution in [0.15, 0.2) is 53.1 Å². The van der Waals surface area contributed by atoms with Crippen molar-refractivity contribution in [3.8, 4) is 0 Å². The van der Waals surface area contributed by atoms with Gasteiger partial charge in [-0.2, -0.15) is 0 Å². The maximum Gasteiger partial charge on any atom is 0.256 e. The summed E-state index contributed by atoms with van der Waals surface area (Å²) in [4.78, 5) is 20.8. The first kappa shape index (κ1) is 13.7. The van der Waals surface area contributed by atoms with Gasteiger partial charge in [0.05, 0.1) is 11.2 Å². The summed E-state index contributed by atoms with van der Waals surface area (Å²) in [7, 11) is 0. The van der Waals surface area contributed by atoms with E-state index >= 15 is 0 Å². The Bertz CT molecular complexity index is 833. The van der Waals surface area contributed by atoms with Gasteiger partial charge in [-0.05, 0) is 59.3 Å². The predicted octanol–water partition coefficient (Wildman–Crippen LogP) is 3.95. The number of aromatic nitrogens is 2. The second kappa shape index (κ2) is 5.61. The molecule has 21 heavy (non-hydrogen) atoms. The minimum atomic E-state index is -0.185. The van der Waals surface area contributed by atoms with Crippen LogP contribution in [0.2, 0.25) is 0 Å². The molecule has 0 spiro atoms. The quantitative estimate of drug-likeness (QED) is 0.767. The zero-order valence-electron chi connectivity index (χ0n) is 11.3. The molecule has 3 aromatic rings. The fraction of sp³-hybridized carbons (Fsp3) is 0.0625. The second-order valence-corrected chi connectivity index (χ2v) is 5.48. The van der Waals surface area contributed by atoms with Gasteiger partial charge in [0.1, 0.15) is 5.82 Å². The van der Waals surface area contributed by atoms with Crippen LogP contribution in [0.25, 0.3) is 10.9 Å². The van der Waals surface area contributed by atoms with E-state index in [1.54, 1.807) is 18.3 Å². The van der Waals surface area contributed by atoms with Crippen LogP contribution in [-0.2, 0) is 0 Å². The Morgan fingerprint density at radius 3 is 2.86 bits per heavy atom. The average molecular weight is 342 g/mol. The van der Waals surface area contributed by atoms with E-state index in [1.807, 2.05) is 37.3 Å². The summed E-state index contributed by atoms with van der Waals surface area (Å²) < 4.78 is 0.914. The minimum Gasteiger partial charge on any atom is -0.307 e. The molecule has 0 aliphatic rings. The number of anilines is 1. The van der Waals surface area contributed by atoms with E-state index in [1.165, 1.54) is 0 Å². The van der Waals surface area contributed by atoms with Crippen LogP contribution in [0.4, 0.5) is 5.82 Å². The summed E-state index contributed by atoms with van der Waals surface area (Å²) in [5, 5.41) is 3.73. The van der Waals surface area contributed by atoms with Crippen LogP contribution in [-0.4, -0.2) is 15.9 Å². The van der Waals surface area contributed by atoms with Crippen molar-refractivity contribution in [2.75, 3.05) is 5.32 Å². The maximum absolute atomic E-state index is 12.3. The molecule has 4 nitrogen and oxygen atoms in total. The van der Waals surface area contributed by atoms with Crippen LogP contribution < -0.4 is 5.32 Å². The summed E-state index contributed by atoms with van der Waals surface area (Å²) in [6, 6.07) is 12.8. The molecule has 2 heterocycles. The first-order chi connectivity index (χ1) is 10.1. The lowest BCUT2D eigenvalue weighted by Gasteiger charge is -2.07. The first-order valence-corrected chi connectivity index (χ1v) is 7.22. The van der Waals surface area contributed by atoms with Crippen molar-refractivity contribution in [3.05, 3.63) is 64.4 Å². The Morgan fingerprint density at radius 2 is 2.05 bits per heavy atom. The molecule has 3 rings (SSSR count). The lowest BCUT2D eigenvalue weighted by atomic mass is 10.1. The summed E-state index contributed by atoms with van der Waals surface area (Å²) in [5.41, 5.74) is 2.28. The molecule has 5 heteroatoms. The van der Waals surface area contributed by atoms with Crippen LogP contribution in [0.5, 0.6) is 0 Å². The number of benzene rings is 1. The molecule has 1 aromatic carbocycles. The number of carbonyl (C=O) groups excluding carboxylic acids is 1. The Balaban J connectivity index is 1.87. The molecule has 0 fully saturated rings. The third-order valence-electron chi connectivity index (χ3n) is 3.13. The molecular weight excluding hydrogens is 330 g/mol. The SMILES string of the molecule is Cc1nc(NC(=O)c2ccc3ncccc3c2)ccc1Br. The molecule has 104 valence electrons. The number of hydrogen-bond donors (Lipinski definition) is 1. The van der Waals surface area contributed by atoms with Gasteiger partial charge in [0, 0.05) is 21.6 Å². The van der Waals surface area contributed by atoms with Gasteiger partial charge in [0.25, 0.3) is 5.91 Å². The topological polar surface area (TPSA) is 54.9 Å². The zero-order chi connectivity index (χ0) is 14.8. The van der Waals surface area contributed by atoms with Crippen LogP contribution >= 0.6 is 15.9 Å². The van der Waals surface area contributed by atoms with Crippen LogP contribution in [0.1, 0.15) is 16.1 Å². The molecule has 0 saturated carbocycles. The number of nitrogens with one attached hydrogen (secondary N) is 1. The normalized spacial score (nSPS) is 10.6. The molecule has 0 saturated heterocycles. The standard InChI is InChI=1S/C16H12BrN3O/c1-10-13(17)5-7-15(19-10)20-16(21)12-4-6-14-11(9-12)3-2-8-18-14/h2-9H,1H3,(H,19,20,21). The number of hydrogen-bond acceptors (Lipinski definition) is 3. The molecule has 0 bridgehead atoms. The summed E-state index contributed by atoms with van der Waals surface area (Å²) in [6.45, 7) is 1.88. The van der Waals surface area contributed by atoms with Gasteiger partial charge in [-0.3, -0.25) is 9.78 Å². The van der Waals surface area contributed by atoms with Crippen LogP contribution in [0.3, 0.4) is 0 Å². The van der Waals surface area contributed by atoms with E-state index in [0.717, 1.165) is 21.1 Å². The number of carbonyl (C=O) groups is 1. The average Bonchev–Trinajstić information content (AvgIpc) is 2.50. The largest absolute Gasteiger partial charge is 0.307 e. The Kier molecular flexibility index (Phi) is 3.66. The minimum absolute atomic E-state index is 0.185. The molecule has 0 unspecified atom stereocenters. The van der Waals surface area contributed by atoms with Gasteiger partial charge < -0.3 is 5.32 Å². The van der Waals surface area contributed by atoms with E-state index in [-0.39, 0.29) is 5.91 Å². The maximum atomic E-state index is 12.3. The number of amides is 1. The molecule has 1 amide bonds. The highest BCUT2D eigenvalue weighted by Crippen LogP contribution is 2.18. The predicted molar refractivity (Wildman–Crippen MR) is 86.4 cm³/mol. The van der Waals surface area contributed by atoms with Gasteiger partial charge in [-0.25, -0.2) is 4.98 Å². The number of nitrogens with zero attached hydrogens (tertiary/aromatic N) is 2. The van der Waals surface area contributed by atoms with Gasteiger partial charge in [-0.15, -0.1) is 0 Å². The summed E-state index contributed by atoms with van der Waals surface area (Å²) in [6.07, 6.45) is 1.73. The van der Waals surface area contributed by atoms with Crippen molar-refractivity contribution in [3.63, 3.8) is 0 Å². The zero-order valence-corrected chi connectivity index (χ0v) is 12.9. The van der Waals surface area contributed by atoms with Gasteiger partial charge >= 0.3 is 0 Å². The molecule has 0 atom stereocenters. The molecule has 0 radical (unpaired) electrons. The third-order valence-corrected chi connectivity index (χ3v) is 3.97. The summed E-state index contributed by atoms with van der Waals surface area (Å²) in [5.74, 6) is 0.349. The first-order valence-electron chi connectivity index (χ1n) is 6.43. The Hall–Kier alpha value is -2.27. The van der Waals surface area contributed by atoms with Gasteiger partial charge in [-0.1, -0.05) is 6.07 Å². The second-order valence-electron chi connectivity index (χ2n) is 4.63. The van der Waals surface area contributed by atoms with E-state index < -0.39 is 0 Å². The fourth-order valence-corrected chi connectivity index (χ4v) is 2.24. The lowest BCUT2D eigenvalue weighted by Crippen LogP contribution is -2.13. The number of fused-ring (bicyclic) bond motifs is 1. The smallest absolute Gasteiger partial charge is 0.256 e. The van der Waals surface area contributed by atoms with Crippen LogP contribution in [0, 0.1) is 6.92 Å². The molecule has 0 aliphatic heterocycles. The van der Waals surface area contributed by atoms with E-state index in [0.29, 0.717) is 11.4 Å². The van der Waals surface area contributed by atoms with E-state index in [2.05, 4.69) is 31.2 Å². The number of aryl methyl sites for hydroxylation is 1. The molecule has 0 aliphatic carbocycles. The number of halogens is 1. The highest BCUT2D eigenvalue weighted by atomic mass is 79.9. The van der Waals surface area contributed by atoms with Crippen molar-refractivity contribution in [2.45, 2.75) is 6.92 Å². The number of rotatable bonds is 2. The Labute approximate surface area is 130 Å². The van der Waals surface area contributed by atoms with E-state index in [4.69, 9.17) is 0 Å². The fourth-order valence-electron chi connectivity index (χ4n) is 2.02. The summed E-state index contributed by atoms with van der Waals surface area (Å²) >= 11 is 3.39. The number of pyridine rings is 2. The highest BCUT2D eigenvalue weighted by Gasteiger charge is 2.08. The highest BCUT2D eigenvalue weighted by molar-refractivity contribution is 9.10. The monoisotopic (exact) mass is 341 g/mol. The van der Waals surface area contributed by atoms with Crippen molar-refractivity contribution >= 4 is 38.6 Å². The molecular formula is C16H12BrN3O.